The summed E-state index contributed by atoms with van der Waals surface area (Å²) in [5.74, 6) is -0.749. The summed E-state index contributed by atoms with van der Waals surface area (Å²) in [6.45, 7) is 1.69. The van der Waals surface area contributed by atoms with Crippen LogP contribution in [0.2, 0.25) is 0 Å². The van der Waals surface area contributed by atoms with Gasteiger partial charge in [-0.25, -0.2) is 0 Å². The van der Waals surface area contributed by atoms with Crippen molar-refractivity contribution in [3.8, 4) is 0 Å². The monoisotopic (exact) mass is 220 g/mol. The number of hydrogen-bond acceptors (Lipinski definition) is 2. The number of aliphatic carboxylic acids is 1. The molecule has 0 spiro atoms. The number of carboxylic acid groups (broad SMARTS) is 1. The molecule has 1 saturated carbocycles. The minimum Gasteiger partial charge on any atom is -0.481 e. The van der Waals surface area contributed by atoms with Crippen LogP contribution in [0.4, 0.5) is 0 Å². The van der Waals surface area contributed by atoms with E-state index in [4.69, 9.17) is 0 Å². The summed E-state index contributed by atoms with van der Waals surface area (Å²) < 4.78 is 0. The fourth-order valence-electron chi connectivity index (χ4n) is 2.25. The van der Waals surface area contributed by atoms with Gasteiger partial charge in [0.1, 0.15) is 0 Å². The van der Waals surface area contributed by atoms with E-state index in [1.165, 1.54) is 0 Å². The number of aliphatic hydroxyl groups is 1. The van der Waals surface area contributed by atoms with Gasteiger partial charge >= 0.3 is 5.97 Å². The maximum Gasteiger partial charge on any atom is 0.314 e. The highest BCUT2D eigenvalue weighted by molar-refractivity contribution is 5.82. The lowest BCUT2D eigenvalue weighted by Crippen LogP contribution is -2.42. The Balaban J connectivity index is 2.39. The van der Waals surface area contributed by atoms with Crippen molar-refractivity contribution in [3.63, 3.8) is 0 Å². The highest BCUT2D eigenvalue weighted by atomic mass is 16.4. The Kier molecular flexibility index (Phi) is 2.72. The van der Waals surface area contributed by atoms with Crippen LogP contribution in [0.15, 0.2) is 24.3 Å². The molecule has 3 heteroatoms. The van der Waals surface area contributed by atoms with E-state index in [1.807, 2.05) is 24.3 Å². The quantitative estimate of drug-likeness (QED) is 0.821. The van der Waals surface area contributed by atoms with Gasteiger partial charge in [0, 0.05) is 0 Å². The molecular weight excluding hydrogens is 204 g/mol. The fourth-order valence-corrected chi connectivity index (χ4v) is 2.25. The van der Waals surface area contributed by atoms with Crippen molar-refractivity contribution in [1.29, 1.82) is 0 Å². The van der Waals surface area contributed by atoms with Gasteiger partial charge < -0.3 is 10.2 Å². The maximum absolute atomic E-state index is 11.3. The standard InChI is InChI=1S/C13H16O3/c1-9(14)10-4-2-5-11(8-10)13(12(15)16)6-3-7-13/h2,4-5,8-9,14H,3,6-7H2,1H3,(H,15,16). The largest absolute Gasteiger partial charge is 0.481 e. The third-order valence-corrected chi connectivity index (χ3v) is 3.54. The first kappa shape index (κ1) is 11.1. The highest BCUT2D eigenvalue weighted by Crippen LogP contribution is 2.44. The first-order chi connectivity index (χ1) is 7.56. The predicted molar refractivity (Wildman–Crippen MR) is 60.2 cm³/mol. The van der Waals surface area contributed by atoms with Gasteiger partial charge in [-0.1, -0.05) is 30.7 Å². The van der Waals surface area contributed by atoms with Crippen molar-refractivity contribution in [1.82, 2.24) is 0 Å². The van der Waals surface area contributed by atoms with Crippen LogP contribution >= 0.6 is 0 Å². The molecule has 1 aromatic carbocycles. The van der Waals surface area contributed by atoms with Gasteiger partial charge in [-0.3, -0.25) is 4.79 Å². The smallest absolute Gasteiger partial charge is 0.314 e. The van der Waals surface area contributed by atoms with E-state index < -0.39 is 17.5 Å². The summed E-state index contributed by atoms with van der Waals surface area (Å²) in [6.07, 6.45) is 1.81. The Hall–Kier alpha value is -1.35. The Morgan fingerprint density at radius 2 is 2.12 bits per heavy atom. The van der Waals surface area contributed by atoms with Gasteiger partial charge in [0.05, 0.1) is 11.5 Å². The van der Waals surface area contributed by atoms with E-state index in [0.717, 1.165) is 17.5 Å². The van der Waals surface area contributed by atoms with Gasteiger partial charge in [0.25, 0.3) is 0 Å². The van der Waals surface area contributed by atoms with Crippen LogP contribution in [0.3, 0.4) is 0 Å². The molecule has 0 amide bonds. The number of benzene rings is 1. The molecule has 16 heavy (non-hydrogen) atoms. The number of rotatable bonds is 3. The lowest BCUT2D eigenvalue weighted by Gasteiger charge is -2.38. The summed E-state index contributed by atoms with van der Waals surface area (Å²) in [6, 6.07) is 7.31. The molecule has 2 rings (SSSR count). The molecule has 2 N–H and O–H groups in total. The van der Waals surface area contributed by atoms with Crippen molar-refractivity contribution in [2.24, 2.45) is 0 Å². The number of carboxylic acids is 1. The molecular formula is C13H16O3. The maximum atomic E-state index is 11.3. The number of carbonyl (C=O) groups is 1. The van der Waals surface area contributed by atoms with Crippen LogP contribution < -0.4 is 0 Å². The van der Waals surface area contributed by atoms with Gasteiger partial charge in [-0.15, -0.1) is 0 Å². The van der Waals surface area contributed by atoms with Gasteiger partial charge in [0.2, 0.25) is 0 Å². The van der Waals surface area contributed by atoms with Crippen molar-refractivity contribution in [3.05, 3.63) is 35.4 Å². The summed E-state index contributed by atoms with van der Waals surface area (Å²) in [7, 11) is 0. The molecule has 1 aliphatic rings. The van der Waals surface area contributed by atoms with E-state index in [0.29, 0.717) is 12.8 Å². The Morgan fingerprint density at radius 3 is 2.56 bits per heavy atom. The fraction of sp³-hybridized carbons (Fsp3) is 0.462. The number of aliphatic hydroxyl groups excluding tert-OH is 1. The lowest BCUT2D eigenvalue weighted by atomic mass is 9.64. The molecule has 0 aliphatic heterocycles. The summed E-state index contributed by atoms with van der Waals surface area (Å²) >= 11 is 0. The van der Waals surface area contributed by atoms with Crippen molar-refractivity contribution in [2.45, 2.75) is 37.7 Å². The molecule has 1 aromatic rings. The summed E-state index contributed by atoms with van der Waals surface area (Å²) in [5.41, 5.74) is 0.903. The van der Waals surface area contributed by atoms with Crippen LogP contribution in [0.25, 0.3) is 0 Å². The zero-order valence-corrected chi connectivity index (χ0v) is 9.31. The molecule has 3 nitrogen and oxygen atoms in total. The van der Waals surface area contributed by atoms with Gasteiger partial charge in [-0.2, -0.15) is 0 Å². The SMILES string of the molecule is CC(O)c1cccc(C2(C(=O)O)CCC2)c1. The van der Waals surface area contributed by atoms with E-state index >= 15 is 0 Å². The topological polar surface area (TPSA) is 57.5 Å². The van der Waals surface area contributed by atoms with Gasteiger partial charge in [0.15, 0.2) is 0 Å². The zero-order chi connectivity index (χ0) is 11.8. The Morgan fingerprint density at radius 1 is 1.44 bits per heavy atom. The third kappa shape index (κ3) is 1.61. The average Bonchev–Trinajstić information content (AvgIpc) is 2.15. The second-order valence-electron chi connectivity index (χ2n) is 4.54. The van der Waals surface area contributed by atoms with Crippen LogP contribution in [0, 0.1) is 0 Å². The van der Waals surface area contributed by atoms with E-state index in [9.17, 15) is 15.0 Å². The molecule has 86 valence electrons. The first-order valence-electron chi connectivity index (χ1n) is 5.58. The lowest BCUT2D eigenvalue weighted by molar-refractivity contribution is -0.147. The molecule has 0 aromatic heterocycles. The van der Waals surface area contributed by atoms with Crippen LogP contribution in [-0.4, -0.2) is 16.2 Å². The Bertz CT molecular complexity index is 405. The van der Waals surface area contributed by atoms with Crippen molar-refractivity contribution in [2.75, 3.05) is 0 Å². The normalized spacial score (nSPS) is 19.9. The summed E-state index contributed by atoms with van der Waals surface area (Å²) in [4.78, 5) is 11.3. The third-order valence-electron chi connectivity index (χ3n) is 3.54. The second kappa shape index (κ2) is 3.91. The predicted octanol–water partition coefficient (Wildman–Crippen LogP) is 2.25. The molecule has 0 bridgehead atoms. The van der Waals surface area contributed by atoms with Crippen LogP contribution in [0.1, 0.15) is 43.4 Å². The zero-order valence-electron chi connectivity index (χ0n) is 9.31. The molecule has 1 fully saturated rings. The summed E-state index contributed by atoms with van der Waals surface area (Å²) in [5, 5.41) is 18.8. The average molecular weight is 220 g/mol. The Labute approximate surface area is 94.7 Å². The van der Waals surface area contributed by atoms with E-state index in [1.54, 1.807) is 6.92 Å². The molecule has 1 aliphatic carbocycles. The molecule has 0 saturated heterocycles. The van der Waals surface area contributed by atoms with Crippen LogP contribution in [-0.2, 0) is 10.2 Å². The van der Waals surface area contributed by atoms with E-state index in [2.05, 4.69) is 0 Å². The molecule has 1 atom stereocenters. The van der Waals surface area contributed by atoms with E-state index in [-0.39, 0.29) is 0 Å². The first-order valence-corrected chi connectivity index (χ1v) is 5.58. The van der Waals surface area contributed by atoms with Crippen molar-refractivity contribution < 1.29 is 15.0 Å². The highest BCUT2D eigenvalue weighted by Gasteiger charge is 2.45. The molecule has 1 unspecified atom stereocenters. The molecule has 0 heterocycles. The van der Waals surface area contributed by atoms with Crippen molar-refractivity contribution >= 4 is 5.97 Å². The molecule has 0 radical (unpaired) electrons. The minimum atomic E-state index is -0.749. The van der Waals surface area contributed by atoms with Crippen LogP contribution in [0.5, 0.6) is 0 Å². The number of hydrogen-bond donors (Lipinski definition) is 2. The minimum absolute atomic E-state index is 0.550. The second-order valence-corrected chi connectivity index (χ2v) is 4.54. The van der Waals surface area contributed by atoms with Gasteiger partial charge in [-0.05, 0) is 30.9 Å².